The fourth-order valence-electron chi connectivity index (χ4n) is 2.72. The molecular formula is C16H26N2O2. The molecule has 1 saturated carbocycles. The molecule has 2 unspecified atom stereocenters. The monoisotopic (exact) mass is 278 g/mol. The lowest BCUT2D eigenvalue weighted by Crippen LogP contribution is -2.58. The molecule has 0 spiro atoms. The summed E-state index contributed by atoms with van der Waals surface area (Å²) in [6.07, 6.45) is 1.37. The van der Waals surface area contributed by atoms with Crippen molar-refractivity contribution in [2.75, 3.05) is 24.3 Å². The van der Waals surface area contributed by atoms with E-state index in [0.29, 0.717) is 24.4 Å². The Morgan fingerprint density at radius 3 is 2.65 bits per heavy atom. The van der Waals surface area contributed by atoms with Crippen LogP contribution in [0.1, 0.15) is 34.1 Å². The van der Waals surface area contributed by atoms with Crippen LogP contribution in [0.15, 0.2) is 18.2 Å². The summed E-state index contributed by atoms with van der Waals surface area (Å²) < 4.78 is 11.3. The van der Waals surface area contributed by atoms with Crippen LogP contribution in [-0.4, -0.2) is 25.4 Å². The van der Waals surface area contributed by atoms with Crippen molar-refractivity contribution in [3.63, 3.8) is 0 Å². The van der Waals surface area contributed by atoms with Gasteiger partial charge in [-0.05, 0) is 32.4 Å². The van der Waals surface area contributed by atoms with Gasteiger partial charge in [0.2, 0.25) is 0 Å². The van der Waals surface area contributed by atoms with Gasteiger partial charge in [0.25, 0.3) is 0 Å². The van der Waals surface area contributed by atoms with E-state index in [1.165, 1.54) is 0 Å². The second-order valence-corrected chi connectivity index (χ2v) is 5.88. The largest absolute Gasteiger partial charge is 0.492 e. The van der Waals surface area contributed by atoms with Gasteiger partial charge in [-0.1, -0.05) is 13.8 Å². The maximum Gasteiger partial charge on any atom is 0.144 e. The van der Waals surface area contributed by atoms with Gasteiger partial charge in [-0.15, -0.1) is 0 Å². The van der Waals surface area contributed by atoms with Gasteiger partial charge < -0.3 is 20.5 Å². The fourth-order valence-corrected chi connectivity index (χ4v) is 2.72. The summed E-state index contributed by atoms with van der Waals surface area (Å²) in [5.41, 5.74) is 7.77. The molecule has 0 saturated heterocycles. The number of nitrogen functional groups attached to an aromatic ring is 1. The highest BCUT2D eigenvalue weighted by Gasteiger charge is 2.48. The zero-order valence-corrected chi connectivity index (χ0v) is 12.9. The van der Waals surface area contributed by atoms with E-state index in [-0.39, 0.29) is 5.41 Å². The van der Waals surface area contributed by atoms with Gasteiger partial charge in [0.1, 0.15) is 5.75 Å². The SMILES string of the molecule is CCOc1cc(NC2CC(OCC)C2(C)C)ccc1N. The predicted molar refractivity (Wildman–Crippen MR) is 83.2 cm³/mol. The minimum atomic E-state index is 0.142. The topological polar surface area (TPSA) is 56.5 Å². The van der Waals surface area contributed by atoms with Gasteiger partial charge in [0.15, 0.2) is 0 Å². The van der Waals surface area contributed by atoms with Crippen molar-refractivity contribution in [3.05, 3.63) is 18.2 Å². The lowest BCUT2D eigenvalue weighted by Gasteiger charge is -2.52. The summed E-state index contributed by atoms with van der Waals surface area (Å²) in [4.78, 5) is 0. The molecule has 1 aromatic rings. The van der Waals surface area contributed by atoms with Gasteiger partial charge >= 0.3 is 0 Å². The molecule has 1 aromatic carbocycles. The number of anilines is 2. The van der Waals surface area contributed by atoms with Crippen LogP contribution in [0.5, 0.6) is 5.75 Å². The summed E-state index contributed by atoms with van der Waals surface area (Å²) in [6, 6.07) is 6.28. The highest BCUT2D eigenvalue weighted by atomic mass is 16.5. The molecule has 0 bridgehead atoms. The van der Waals surface area contributed by atoms with E-state index in [9.17, 15) is 0 Å². The first-order valence-corrected chi connectivity index (χ1v) is 7.39. The molecule has 20 heavy (non-hydrogen) atoms. The van der Waals surface area contributed by atoms with Crippen LogP contribution in [0.25, 0.3) is 0 Å². The van der Waals surface area contributed by atoms with Gasteiger partial charge in [0, 0.05) is 29.8 Å². The molecule has 2 rings (SSSR count). The Hall–Kier alpha value is -1.42. The summed E-state index contributed by atoms with van der Waals surface area (Å²) in [5, 5.41) is 3.57. The number of rotatable bonds is 6. The Balaban J connectivity index is 2.03. The quantitative estimate of drug-likeness (QED) is 0.784. The van der Waals surface area contributed by atoms with Crippen LogP contribution in [0.2, 0.25) is 0 Å². The number of hydrogen-bond donors (Lipinski definition) is 2. The van der Waals surface area contributed by atoms with E-state index in [2.05, 4.69) is 19.2 Å². The third-order valence-corrected chi connectivity index (χ3v) is 4.20. The molecule has 1 aliphatic carbocycles. The van der Waals surface area contributed by atoms with Gasteiger partial charge in [-0.3, -0.25) is 0 Å². The van der Waals surface area contributed by atoms with Crippen molar-refractivity contribution in [2.24, 2.45) is 5.41 Å². The standard InChI is InChI=1S/C16H26N2O2/c1-5-19-13-9-11(7-8-12(13)17)18-14-10-15(20-6-2)16(14,3)4/h7-9,14-15,18H,5-6,10,17H2,1-4H3. The Kier molecular flexibility index (Phi) is 4.43. The maximum absolute atomic E-state index is 5.89. The first kappa shape index (κ1) is 15.0. The van der Waals surface area contributed by atoms with Crippen molar-refractivity contribution in [3.8, 4) is 5.75 Å². The minimum absolute atomic E-state index is 0.142. The van der Waals surface area contributed by atoms with E-state index in [1.54, 1.807) is 0 Å². The Morgan fingerprint density at radius 1 is 1.30 bits per heavy atom. The van der Waals surface area contributed by atoms with E-state index in [0.717, 1.165) is 24.5 Å². The average molecular weight is 278 g/mol. The predicted octanol–water partition coefficient (Wildman–Crippen LogP) is 3.28. The van der Waals surface area contributed by atoms with Crippen LogP contribution in [-0.2, 0) is 4.74 Å². The lowest BCUT2D eigenvalue weighted by atomic mass is 9.64. The zero-order valence-electron chi connectivity index (χ0n) is 12.9. The van der Waals surface area contributed by atoms with Crippen LogP contribution < -0.4 is 15.8 Å². The van der Waals surface area contributed by atoms with E-state index in [4.69, 9.17) is 15.2 Å². The molecule has 2 atom stereocenters. The Morgan fingerprint density at radius 2 is 2.05 bits per heavy atom. The van der Waals surface area contributed by atoms with Gasteiger partial charge in [0.05, 0.1) is 18.4 Å². The highest BCUT2D eigenvalue weighted by Crippen LogP contribution is 2.44. The zero-order chi connectivity index (χ0) is 14.8. The number of nitrogens with one attached hydrogen (secondary N) is 1. The molecule has 0 aliphatic heterocycles. The second-order valence-electron chi connectivity index (χ2n) is 5.88. The van der Waals surface area contributed by atoms with E-state index >= 15 is 0 Å². The average Bonchev–Trinajstić information content (AvgIpc) is 2.41. The molecule has 4 heteroatoms. The van der Waals surface area contributed by atoms with Gasteiger partial charge in [-0.2, -0.15) is 0 Å². The second kappa shape index (κ2) is 5.92. The highest BCUT2D eigenvalue weighted by molar-refractivity contribution is 5.62. The van der Waals surface area contributed by atoms with Crippen LogP contribution in [0, 0.1) is 5.41 Å². The molecule has 0 aromatic heterocycles. The van der Waals surface area contributed by atoms with E-state index in [1.807, 2.05) is 32.0 Å². The smallest absolute Gasteiger partial charge is 0.144 e. The third kappa shape index (κ3) is 2.85. The van der Waals surface area contributed by atoms with Crippen LogP contribution >= 0.6 is 0 Å². The summed E-state index contributed by atoms with van der Waals surface area (Å²) in [5.74, 6) is 0.746. The third-order valence-electron chi connectivity index (χ3n) is 4.20. The minimum Gasteiger partial charge on any atom is -0.492 e. The molecule has 4 nitrogen and oxygen atoms in total. The molecule has 0 amide bonds. The molecule has 1 fully saturated rings. The van der Waals surface area contributed by atoms with Crippen LogP contribution in [0.4, 0.5) is 11.4 Å². The summed E-state index contributed by atoms with van der Waals surface area (Å²) in [7, 11) is 0. The normalized spacial score (nSPS) is 24.0. The Labute approximate surface area is 121 Å². The fraction of sp³-hybridized carbons (Fsp3) is 0.625. The first-order valence-electron chi connectivity index (χ1n) is 7.39. The number of ether oxygens (including phenoxy) is 2. The van der Waals surface area contributed by atoms with E-state index < -0.39 is 0 Å². The van der Waals surface area contributed by atoms with Crippen molar-refractivity contribution in [1.29, 1.82) is 0 Å². The first-order chi connectivity index (χ1) is 9.48. The lowest BCUT2D eigenvalue weighted by molar-refractivity contribution is -0.0975. The number of hydrogen-bond acceptors (Lipinski definition) is 4. The van der Waals surface area contributed by atoms with Crippen LogP contribution in [0.3, 0.4) is 0 Å². The molecule has 0 radical (unpaired) electrons. The molecule has 112 valence electrons. The summed E-state index contributed by atoms with van der Waals surface area (Å²) >= 11 is 0. The van der Waals surface area contributed by atoms with Crippen molar-refractivity contribution in [2.45, 2.75) is 46.3 Å². The molecular weight excluding hydrogens is 252 g/mol. The molecule has 3 N–H and O–H groups in total. The Bertz CT molecular complexity index is 460. The van der Waals surface area contributed by atoms with Crippen molar-refractivity contribution < 1.29 is 9.47 Å². The number of nitrogens with two attached hydrogens (primary N) is 1. The van der Waals surface area contributed by atoms with Gasteiger partial charge in [-0.25, -0.2) is 0 Å². The van der Waals surface area contributed by atoms with Crippen molar-refractivity contribution in [1.82, 2.24) is 0 Å². The molecule has 0 heterocycles. The number of benzene rings is 1. The maximum atomic E-state index is 5.89. The van der Waals surface area contributed by atoms with Crippen molar-refractivity contribution >= 4 is 11.4 Å². The summed E-state index contributed by atoms with van der Waals surface area (Å²) in [6.45, 7) is 9.89. The molecule has 1 aliphatic rings.